The lowest BCUT2D eigenvalue weighted by molar-refractivity contribution is -0.0512. The van der Waals surface area contributed by atoms with Crippen molar-refractivity contribution in [2.75, 3.05) is 33.9 Å². The Balaban J connectivity index is 1.42. The second-order valence-electron chi connectivity index (χ2n) is 9.05. The van der Waals surface area contributed by atoms with Gasteiger partial charge in [-0.25, -0.2) is 0 Å². The van der Waals surface area contributed by atoms with Gasteiger partial charge in [-0.3, -0.25) is 4.90 Å². The number of hydrogen-bond donors (Lipinski definition) is 1. The van der Waals surface area contributed by atoms with Crippen LogP contribution in [0.4, 0.5) is 8.78 Å². The van der Waals surface area contributed by atoms with Crippen LogP contribution in [0.1, 0.15) is 32.3 Å². The van der Waals surface area contributed by atoms with E-state index >= 15 is 0 Å². The number of ether oxygens (including phenoxy) is 3. The van der Waals surface area contributed by atoms with Gasteiger partial charge in [-0.05, 0) is 60.4 Å². The Morgan fingerprint density at radius 1 is 1.27 bits per heavy atom. The quantitative estimate of drug-likeness (QED) is 0.541. The molecule has 0 heterocycles. The molecule has 3 aliphatic rings. The van der Waals surface area contributed by atoms with E-state index in [9.17, 15) is 13.9 Å². The highest BCUT2D eigenvalue weighted by molar-refractivity contribution is 5.43. The fraction of sp³-hybridized carbons (Fsp3) is 0.652. The highest BCUT2D eigenvalue weighted by Gasteiger charge is 2.50. The average molecular weight is 426 g/mol. The van der Waals surface area contributed by atoms with Gasteiger partial charge in [-0.1, -0.05) is 26.0 Å². The molecule has 168 valence electrons. The summed E-state index contributed by atoms with van der Waals surface area (Å²) in [5.41, 5.74) is 2.63. The smallest absolute Gasteiger partial charge is 0.387 e. The predicted molar refractivity (Wildman–Crippen MR) is 111 cm³/mol. The van der Waals surface area contributed by atoms with Crippen LogP contribution in [0.15, 0.2) is 29.8 Å². The van der Waals surface area contributed by atoms with E-state index in [1.165, 1.54) is 25.2 Å². The molecule has 0 saturated heterocycles. The maximum atomic E-state index is 12.4. The molecule has 0 spiro atoms. The second kappa shape index (κ2) is 9.62. The number of aliphatic hydroxyl groups is 1. The van der Waals surface area contributed by atoms with E-state index in [1.807, 2.05) is 11.9 Å². The number of halogens is 2. The molecular formula is C23H33F2NO4. The Morgan fingerprint density at radius 3 is 2.67 bits per heavy atom. The van der Waals surface area contributed by atoms with Gasteiger partial charge in [0.05, 0.1) is 26.4 Å². The van der Waals surface area contributed by atoms with Crippen LogP contribution >= 0.6 is 0 Å². The molecule has 1 aromatic carbocycles. The standard InChI is InChI=1S/C23H33F2NO4/c1-23(2)17-7-6-16(19(23)10-17)13-29-14-18(27)12-26(3)11-15-5-8-20(30-22(24)25)21(9-15)28-4/h5-6,8-9,17-19,22,27H,7,10-14H2,1-4H3/t17-,18-,19+/m0/s1. The van der Waals surface area contributed by atoms with Gasteiger partial charge in [0.1, 0.15) is 0 Å². The van der Waals surface area contributed by atoms with Crippen molar-refractivity contribution in [2.45, 2.75) is 45.9 Å². The first-order valence-electron chi connectivity index (χ1n) is 10.5. The first-order valence-corrected chi connectivity index (χ1v) is 10.5. The first kappa shape index (κ1) is 23.0. The molecule has 3 aliphatic carbocycles. The molecule has 0 aliphatic heterocycles. The lowest BCUT2D eigenvalue weighted by atomic mass is 9.49. The van der Waals surface area contributed by atoms with Gasteiger partial charge < -0.3 is 19.3 Å². The molecule has 5 nitrogen and oxygen atoms in total. The summed E-state index contributed by atoms with van der Waals surface area (Å²) in [4.78, 5) is 1.95. The monoisotopic (exact) mass is 425 g/mol. The van der Waals surface area contributed by atoms with E-state index in [-0.39, 0.29) is 18.1 Å². The number of fused-ring (bicyclic) bond motifs is 1. The van der Waals surface area contributed by atoms with E-state index in [4.69, 9.17) is 9.47 Å². The van der Waals surface area contributed by atoms with Crippen molar-refractivity contribution in [2.24, 2.45) is 17.3 Å². The predicted octanol–water partition coefficient (Wildman–Crippen LogP) is 4.10. The average Bonchev–Trinajstić information content (AvgIpc) is 2.68. The Labute approximate surface area is 177 Å². The van der Waals surface area contributed by atoms with Gasteiger partial charge in [0.15, 0.2) is 11.5 Å². The zero-order chi connectivity index (χ0) is 21.9. The van der Waals surface area contributed by atoms with Crippen LogP contribution in [0, 0.1) is 17.3 Å². The Kier molecular flexibility index (Phi) is 7.37. The molecule has 7 heteroatoms. The maximum Gasteiger partial charge on any atom is 0.387 e. The summed E-state index contributed by atoms with van der Waals surface area (Å²) in [7, 11) is 3.30. The third-order valence-corrected chi connectivity index (χ3v) is 6.58. The normalized spacial score (nSPS) is 23.2. The van der Waals surface area contributed by atoms with Crippen molar-refractivity contribution >= 4 is 0 Å². The number of nitrogens with zero attached hydrogens (tertiary/aromatic N) is 1. The highest BCUT2D eigenvalue weighted by atomic mass is 19.3. The van der Waals surface area contributed by atoms with Crippen molar-refractivity contribution in [1.82, 2.24) is 4.90 Å². The lowest BCUT2D eigenvalue weighted by Gasteiger charge is -2.56. The molecule has 0 aromatic heterocycles. The van der Waals surface area contributed by atoms with Crippen molar-refractivity contribution in [1.29, 1.82) is 0 Å². The fourth-order valence-electron chi connectivity index (χ4n) is 4.75. The van der Waals surface area contributed by atoms with Crippen LogP contribution in [0.2, 0.25) is 0 Å². The highest BCUT2D eigenvalue weighted by Crippen LogP contribution is 2.59. The van der Waals surface area contributed by atoms with Crippen LogP contribution in [-0.4, -0.2) is 56.6 Å². The van der Waals surface area contributed by atoms with Crippen molar-refractivity contribution in [3.05, 3.63) is 35.4 Å². The zero-order valence-corrected chi connectivity index (χ0v) is 18.2. The number of allylic oxidation sites excluding steroid dienone is 1. The number of aliphatic hydroxyl groups excluding tert-OH is 1. The molecule has 1 aromatic rings. The minimum atomic E-state index is -2.90. The van der Waals surface area contributed by atoms with Crippen LogP contribution < -0.4 is 9.47 Å². The summed E-state index contributed by atoms with van der Waals surface area (Å²) in [5, 5.41) is 10.3. The van der Waals surface area contributed by atoms with Gasteiger partial charge in [-0.2, -0.15) is 8.78 Å². The number of benzene rings is 1. The van der Waals surface area contributed by atoms with E-state index in [1.54, 1.807) is 12.1 Å². The van der Waals surface area contributed by atoms with Crippen LogP contribution in [0.25, 0.3) is 0 Å². The van der Waals surface area contributed by atoms with Gasteiger partial charge in [0, 0.05) is 13.1 Å². The molecule has 1 fully saturated rings. The molecule has 0 radical (unpaired) electrons. The third kappa shape index (κ3) is 5.31. The van der Waals surface area contributed by atoms with Gasteiger partial charge in [0.25, 0.3) is 0 Å². The largest absolute Gasteiger partial charge is 0.493 e. The molecule has 2 bridgehead atoms. The number of methoxy groups -OCH3 is 1. The number of likely N-dealkylation sites (N-methyl/N-ethyl adjacent to an activating group) is 1. The van der Waals surface area contributed by atoms with Crippen LogP contribution in [-0.2, 0) is 11.3 Å². The molecule has 0 amide bonds. The summed E-state index contributed by atoms with van der Waals surface area (Å²) < 4.78 is 40.3. The van der Waals surface area contributed by atoms with Crippen molar-refractivity contribution in [3.63, 3.8) is 0 Å². The Morgan fingerprint density at radius 2 is 2.03 bits per heavy atom. The molecule has 3 atom stereocenters. The van der Waals surface area contributed by atoms with E-state index < -0.39 is 12.7 Å². The van der Waals surface area contributed by atoms with Crippen LogP contribution in [0.5, 0.6) is 11.5 Å². The molecule has 1 saturated carbocycles. The fourth-order valence-corrected chi connectivity index (χ4v) is 4.75. The summed E-state index contributed by atoms with van der Waals surface area (Å²) >= 11 is 0. The minimum absolute atomic E-state index is 0.00492. The van der Waals surface area contributed by atoms with Gasteiger partial charge in [0.2, 0.25) is 0 Å². The Bertz CT molecular complexity index is 753. The number of rotatable bonds is 11. The molecule has 0 unspecified atom stereocenters. The van der Waals surface area contributed by atoms with E-state index in [0.717, 1.165) is 17.9 Å². The summed E-state index contributed by atoms with van der Waals surface area (Å²) in [6.45, 7) is 3.61. The van der Waals surface area contributed by atoms with Gasteiger partial charge in [-0.15, -0.1) is 0 Å². The topological polar surface area (TPSA) is 51.2 Å². The maximum absolute atomic E-state index is 12.4. The second-order valence-corrected chi connectivity index (χ2v) is 9.05. The summed E-state index contributed by atoms with van der Waals surface area (Å²) in [6.07, 6.45) is 4.11. The minimum Gasteiger partial charge on any atom is -0.493 e. The molecule has 1 N–H and O–H groups in total. The van der Waals surface area contributed by atoms with Crippen molar-refractivity contribution < 1.29 is 28.1 Å². The zero-order valence-electron chi connectivity index (χ0n) is 18.2. The number of hydrogen-bond acceptors (Lipinski definition) is 5. The van der Waals surface area contributed by atoms with Crippen molar-refractivity contribution in [3.8, 4) is 11.5 Å². The molecular weight excluding hydrogens is 392 g/mol. The van der Waals surface area contributed by atoms with E-state index in [2.05, 4.69) is 24.7 Å². The summed E-state index contributed by atoms with van der Waals surface area (Å²) in [6, 6.07) is 4.85. The van der Waals surface area contributed by atoms with E-state index in [0.29, 0.717) is 31.0 Å². The lowest BCUT2D eigenvalue weighted by Crippen LogP contribution is -2.48. The molecule has 30 heavy (non-hydrogen) atoms. The SMILES string of the molecule is COc1cc(CN(C)C[C@H](O)COCC2=CC[C@H]3C[C@H]2C3(C)C)ccc1OC(F)F. The summed E-state index contributed by atoms with van der Waals surface area (Å²) in [5.74, 6) is 1.68. The third-order valence-electron chi connectivity index (χ3n) is 6.58. The molecule has 4 rings (SSSR count). The van der Waals surface area contributed by atoms with Crippen LogP contribution in [0.3, 0.4) is 0 Å². The van der Waals surface area contributed by atoms with Gasteiger partial charge >= 0.3 is 6.61 Å². The number of alkyl halides is 2. The first-order chi connectivity index (χ1) is 14.2. The Hall–Kier alpha value is -1.70.